The molecule has 0 spiro atoms. The van der Waals surface area contributed by atoms with Crippen molar-refractivity contribution in [2.75, 3.05) is 12.4 Å². The second-order valence-corrected chi connectivity index (χ2v) is 5.02. The first-order valence-corrected chi connectivity index (χ1v) is 7.14. The lowest BCUT2D eigenvalue weighted by molar-refractivity contribution is 0.414. The molecule has 1 heterocycles. The Morgan fingerprint density at radius 3 is 2.71 bits per heavy atom. The first-order chi connectivity index (χ1) is 10.3. The van der Waals surface area contributed by atoms with Gasteiger partial charge in [-0.15, -0.1) is 0 Å². The molecule has 0 saturated heterocycles. The number of hydrogen-bond donors (Lipinski definition) is 2. The minimum atomic E-state index is 0.254. The Morgan fingerprint density at radius 2 is 2.00 bits per heavy atom. The Kier molecular flexibility index (Phi) is 3.77. The lowest BCUT2D eigenvalue weighted by atomic mass is 10.0. The Morgan fingerprint density at radius 1 is 1.19 bits per heavy atom. The SMILES string of the molecule is CCC(Nc1cccc2cn[nH]c12)c1ccc(OC)cc1. The molecule has 1 unspecified atom stereocenters. The number of aromatic nitrogens is 2. The summed E-state index contributed by atoms with van der Waals surface area (Å²) in [6, 6.07) is 14.6. The second-order valence-electron chi connectivity index (χ2n) is 5.02. The van der Waals surface area contributed by atoms with Crippen LogP contribution < -0.4 is 10.1 Å². The number of ether oxygens (including phenoxy) is 1. The van der Waals surface area contributed by atoms with Crippen molar-refractivity contribution in [2.24, 2.45) is 0 Å². The van der Waals surface area contributed by atoms with Crippen LogP contribution in [-0.2, 0) is 0 Å². The van der Waals surface area contributed by atoms with E-state index in [2.05, 4.69) is 46.7 Å². The number of methoxy groups -OCH3 is 1. The van der Waals surface area contributed by atoms with E-state index >= 15 is 0 Å². The second kappa shape index (κ2) is 5.87. The van der Waals surface area contributed by atoms with Gasteiger partial charge in [0.2, 0.25) is 0 Å². The summed E-state index contributed by atoms with van der Waals surface area (Å²) in [5.41, 5.74) is 3.37. The highest BCUT2D eigenvalue weighted by molar-refractivity contribution is 5.90. The van der Waals surface area contributed by atoms with Gasteiger partial charge in [-0.1, -0.05) is 31.2 Å². The molecule has 1 aromatic heterocycles. The van der Waals surface area contributed by atoms with Crippen LogP contribution in [0.25, 0.3) is 10.9 Å². The molecule has 3 aromatic rings. The maximum Gasteiger partial charge on any atom is 0.118 e. The molecule has 4 nitrogen and oxygen atoms in total. The lowest BCUT2D eigenvalue weighted by Crippen LogP contribution is -2.10. The average Bonchev–Trinajstić information content (AvgIpc) is 3.02. The summed E-state index contributed by atoms with van der Waals surface area (Å²) in [7, 11) is 1.68. The summed E-state index contributed by atoms with van der Waals surface area (Å²) in [4.78, 5) is 0. The highest BCUT2D eigenvalue weighted by atomic mass is 16.5. The van der Waals surface area contributed by atoms with E-state index in [9.17, 15) is 0 Å². The van der Waals surface area contributed by atoms with E-state index < -0.39 is 0 Å². The fourth-order valence-corrected chi connectivity index (χ4v) is 2.53. The Bertz CT molecular complexity index is 718. The van der Waals surface area contributed by atoms with Crippen molar-refractivity contribution in [3.8, 4) is 5.75 Å². The van der Waals surface area contributed by atoms with E-state index in [4.69, 9.17) is 4.74 Å². The Balaban J connectivity index is 1.88. The molecule has 4 heteroatoms. The minimum Gasteiger partial charge on any atom is -0.497 e. The summed E-state index contributed by atoms with van der Waals surface area (Å²) >= 11 is 0. The molecule has 0 radical (unpaired) electrons. The molecule has 0 aliphatic rings. The summed E-state index contributed by atoms with van der Waals surface area (Å²) < 4.78 is 5.21. The number of fused-ring (bicyclic) bond motifs is 1. The van der Waals surface area contributed by atoms with E-state index in [0.717, 1.165) is 28.8 Å². The van der Waals surface area contributed by atoms with Gasteiger partial charge in [-0.25, -0.2) is 0 Å². The molecular weight excluding hydrogens is 262 g/mol. The van der Waals surface area contributed by atoms with Crippen molar-refractivity contribution in [2.45, 2.75) is 19.4 Å². The highest BCUT2D eigenvalue weighted by Gasteiger charge is 2.11. The van der Waals surface area contributed by atoms with Crippen molar-refractivity contribution in [1.29, 1.82) is 0 Å². The molecule has 0 aliphatic heterocycles. The zero-order valence-corrected chi connectivity index (χ0v) is 12.3. The van der Waals surface area contributed by atoms with Gasteiger partial charge in [0, 0.05) is 5.39 Å². The van der Waals surface area contributed by atoms with E-state index in [-0.39, 0.29) is 6.04 Å². The van der Waals surface area contributed by atoms with Crippen molar-refractivity contribution >= 4 is 16.6 Å². The fraction of sp³-hybridized carbons (Fsp3) is 0.235. The van der Waals surface area contributed by atoms with Gasteiger partial charge in [-0.3, -0.25) is 5.10 Å². The smallest absolute Gasteiger partial charge is 0.118 e. The molecule has 0 saturated carbocycles. The van der Waals surface area contributed by atoms with E-state index in [1.54, 1.807) is 7.11 Å². The molecule has 21 heavy (non-hydrogen) atoms. The molecule has 3 rings (SSSR count). The van der Waals surface area contributed by atoms with Crippen LogP contribution in [0.3, 0.4) is 0 Å². The van der Waals surface area contributed by atoms with Gasteiger partial charge in [0.05, 0.1) is 30.6 Å². The number of nitrogens with one attached hydrogen (secondary N) is 2. The van der Waals surface area contributed by atoms with Crippen molar-refractivity contribution in [1.82, 2.24) is 10.2 Å². The summed E-state index contributed by atoms with van der Waals surface area (Å²) in [6.07, 6.45) is 2.84. The average molecular weight is 281 g/mol. The highest BCUT2D eigenvalue weighted by Crippen LogP contribution is 2.28. The molecule has 0 amide bonds. The molecule has 0 aliphatic carbocycles. The maximum atomic E-state index is 5.21. The normalized spacial score (nSPS) is 12.3. The number of benzene rings is 2. The molecule has 0 fully saturated rings. The zero-order valence-electron chi connectivity index (χ0n) is 12.3. The van der Waals surface area contributed by atoms with Crippen LogP contribution in [0, 0.1) is 0 Å². The van der Waals surface area contributed by atoms with Crippen LogP contribution in [0.5, 0.6) is 5.75 Å². The minimum absolute atomic E-state index is 0.254. The molecular formula is C17H19N3O. The fourth-order valence-electron chi connectivity index (χ4n) is 2.53. The predicted molar refractivity (Wildman–Crippen MR) is 85.7 cm³/mol. The predicted octanol–water partition coefficient (Wildman–Crippen LogP) is 4.13. The van der Waals surface area contributed by atoms with Crippen LogP contribution in [0.15, 0.2) is 48.7 Å². The molecule has 108 valence electrons. The zero-order chi connectivity index (χ0) is 14.7. The van der Waals surface area contributed by atoms with Gasteiger partial charge in [-0.05, 0) is 30.2 Å². The van der Waals surface area contributed by atoms with Crippen LogP contribution >= 0.6 is 0 Å². The van der Waals surface area contributed by atoms with E-state index in [0.29, 0.717) is 0 Å². The van der Waals surface area contributed by atoms with Crippen LogP contribution in [0.1, 0.15) is 24.9 Å². The molecule has 1 atom stereocenters. The van der Waals surface area contributed by atoms with E-state index in [1.807, 2.05) is 24.4 Å². The largest absolute Gasteiger partial charge is 0.497 e. The van der Waals surface area contributed by atoms with Crippen molar-refractivity contribution in [3.05, 3.63) is 54.2 Å². The Hall–Kier alpha value is -2.49. The maximum absolute atomic E-state index is 5.21. The van der Waals surface area contributed by atoms with Crippen LogP contribution in [-0.4, -0.2) is 17.3 Å². The van der Waals surface area contributed by atoms with Gasteiger partial charge < -0.3 is 10.1 Å². The van der Waals surface area contributed by atoms with Gasteiger partial charge >= 0.3 is 0 Å². The van der Waals surface area contributed by atoms with Gasteiger partial charge in [0.1, 0.15) is 5.75 Å². The quantitative estimate of drug-likeness (QED) is 0.739. The third-order valence-electron chi connectivity index (χ3n) is 3.73. The summed E-state index contributed by atoms with van der Waals surface area (Å²) in [5.74, 6) is 0.879. The standard InChI is InChI=1S/C17H19N3O/c1-3-15(12-7-9-14(21-2)10-8-12)19-16-6-4-5-13-11-18-20-17(13)16/h4-11,15,19H,3H2,1-2H3,(H,18,20). The first kappa shape index (κ1) is 13.5. The lowest BCUT2D eigenvalue weighted by Gasteiger charge is -2.19. The van der Waals surface area contributed by atoms with Crippen LogP contribution in [0.4, 0.5) is 5.69 Å². The Labute approximate surface area is 124 Å². The molecule has 0 bridgehead atoms. The van der Waals surface area contributed by atoms with Gasteiger partial charge in [0.25, 0.3) is 0 Å². The third kappa shape index (κ3) is 2.70. The van der Waals surface area contributed by atoms with Crippen molar-refractivity contribution < 1.29 is 4.74 Å². The first-order valence-electron chi connectivity index (χ1n) is 7.14. The number of H-pyrrole nitrogens is 1. The molecule has 2 aromatic carbocycles. The number of anilines is 1. The van der Waals surface area contributed by atoms with Crippen molar-refractivity contribution in [3.63, 3.8) is 0 Å². The summed E-state index contributed by atoms with van der Waals surface area (Å²) in [5, 5.41) is 11.9. The number of hydrogen-bond acceptors (Lipinski definition) is 3. The van der Waals surface area contributed by atoms with E-state index in [1.165, 1.54) is 5.56 Å². The topological polar surface area (TPSA) is 49.9 Å². The number of rotatable bonds is 5. The third-order valence-corrected chi connectivity index (χ3v) is 3.73. The number of aromatic amines is 1. The monoisotopic (exact) mass is 281 g/mol. The number of para-hydroxylation sites is 1. The van der Waals surface area contributed by atoms with Crippen LogP contribution in [0.2, 0.25) is 0 Å². The van der Waals surface area contributed by atoms with Gasteiger partial charge in [0.15, 0.2) is 0 Å². The summed E-state index contributed by atoms with van der Waals surface area (Å²) in [6.45, 7) is 2.18. The van der Waals surface area contributed by atoms with Gasteiger partial charge in [-0.2, -0.15) is 5.10 Å². The molecule has 2 N–H and O–H groups in total. The number of nitrogens with zero attached hydrogens (tertiary/aromatic N) is 1.